The molecule has 0 saturated heterocycles. The van der Waals surface area contributed by atoms with Crippen LogP contribution in [0.15, 0.2) is 0 Å². The lowest BCUT2D eigenvalue weighted by Crippen LogP contribution is -2.38. The third-order valence-corrected chi connectivity index (χ3v) is 2.06. The van der Waals surface area contributed by atoms with E-state index < -0.39 is 0 Å². The highest BCUT2D eigenvalue weighted by Crippen LogP contribution is 2.18. The molecule has 1 fully saturated rings. The molecule has 1 saturated carbocycles. The van der Waals surface area contributed by atoms with Crippen molar-refractivity contribution in [2.24, 2.45) is 5.73 Å². The fraction of sp³-hybridized carbons (Fsp3) is 1.00. The van der Waals surface area contributed by atoms with Gasteiger partial charge in [-0.15, -0.1) is 12.4 Å². The molecule has 0 heterocycles. The molecule has 0 radical (unpaired) electrons. The highest BCUT2D eigenvalue weighted by atomic mass is 35.5. The average Bonchev–Trinajstić information content (AvgIpc) is 1.89. The predicted molar refractivity (Wildman–Crippen MR) is 44.5 cm³/mol. The van der Waals surface area contributed by atoms with Crippen LogP contribution in [-0.2, 0) is 4.74 Å². The summed E-state index contributed by atoms with van der Waals surface area (Å²) in [5.41, 5.74) is 5.76. The van der Waals surface area contributed by atoms with Crippen LogP contribution in [0.3, 0.4) is 0 Å². The molecule has 1 aliphatic rings. The molecular weight excluding hydrogens is 150 g/mol. The Morgan fingerprint density at radius 1 is 1.30 bits per heavy atom. The van der Waals surface area contributed by atoms with Gasteiger partial charge >= 0.3 is 0 Å². The molecule has 0 aromatic rings. The van der Waals surface area contributed by atoms with Crippen molar-refractivity contribution in [3.8, 4) is 0 Å². The van der Waals surface area contributed by atoms with Crippen molar-refractivity contribution in [2.45, 2.75) is 37.8 Å². The fourth-order valence-corrected chi connectivity index (χ4v) is 1.42. The lowest BCUT2D eigenvalue weighted by atomic mass is 9.93. The summed E-state index contributed by atoms with van der Waals surface area (Å²) in [4.78, 5) is 0. The van der Waals surface area contributed by atoms with Gasteiger partial charge in [-0.3, -0.25) is 0 Å². The SMILES string of the molecule is CO[C@@H]1CCCC[C@H]1N.Cl. The van der Waals surface area contributed by atoms with Crippen LogP contribution in [0.25, 0.3) is 0 Å². The Bertz CT molecular complexity index is 89.7. The summed E-state index contributed by atoms with van der Waals surface area (Å²) in [6.07, 6.45) is 5.18. The van der Waals surface area contributed by atoms with Crippen LogP contribution in [0.4, 0.5) is 0 Å². The molecule has 1 rings (SSSR count). The van der Waals surface area contributed by atoms with Gasteiger partial charge in [-0.25, -0.2) is 0 Å². The molecule has 0 aliphatic heterocycles. The first-order valence-corrected chi connectivity index (χ1v) is 3.63. The second kappa shape index (κ2) is 4.94. The van der Waals surface area contributed by atoms with Crippen LogP contribution in [0.5, 0.6) is 0 Å². The molecule has 10 heavy (non-hydrogen) atoms. The summed E-state index contributed by atoms with van der Waals surface area (Å²) >= 11 is 0. The van der Waals surface area contributed by atoms with Crippen LogP contribution < -0.4 is 5.73 Å². The summed E-state index contributed by atoms with van der Waals surface area (Å²) in [7, 11) is 1.75. The number of hydrogen-bond acceptors (Lipinski definition) is 2. The smallest absolute Gasteiger partial charge is 0.0722 e. The number of rotatable bonds is 1. The largest absolute Gasteiger partial charge is 0.380 e. The lowest BCUT2D eigenvalue weighted by Gasteiger charge is -2.26. The summed E-state index contributed by atoms with van der Waals surface area (Å²) in [6.45, 7) is 0. The van der Waals surface area contributed by atoms with Crippen LogP contribution in [0.1, 0.15) is 25.7 Å². The zero-order chi connectivity index (χ0) is 6.69. The Labute approximate surface area is 68.5 Å². The maximum atomic E-state index is 5.76. The summed E-state index contributed by atoms with van der Waals surface area (Å²) in [5, 5.41) is 0. The zero-order valence-corrected chi connectivity index (χ0v) is 7.19. The van der Waals surface area contributed by atoms with Gasteiger partial charge in [0.05, 0.1) is 6.10 Å². The normalized spacial score (nSPS) is 33.0. The number of methoxy groups -OCH3 is 1. The van der Waals surface area contributed by atoms with Gasteiger partial charge in [0.15, 0.2) is 0 Å². The second-order valence-electron chi connectivity index (χ2n) is 2.72. The first-order valence-electron chi connectivity index (χ1n) is 3.63. The molecule has 0 aromatic heterocycles. The Kier molecular flexibility index (Phi) is 5.04. The molecular formula is C7H16ClNO. The molecule has 1 aliphatic carbocycles. The molecule has 0 unspecified atom stereocenters. The highest BCUT2D eigenvalue weighted by molar-refractivity contribution is 5.85. The summed E-state index contributed by atoms with van der Waals surface area (Å²) in [5.74, 6) is 0. The van der Waals surface area contributed by atoms with Crippen molar-refractivity contribution < 1.29 is 4.74 Å². The summed E-state index contributed by atoms with van der Waals surface area (Å²) in [6, 6.07) is 0.295. The molecule has 2 N–H and O–H groups in total. The van der Waals surface area contributed by atoms with E-state index in [9.17, 15) is 0 Å². The molecule has 0 bridgehead atoms. The van der Waals surface area contributed by atoms with E-state index in [2.05, 4.69) is 0 Å². The lowest BCUT2D eigenvalue weighted by molar-refractivity contribution is 0.0545. The van der Waals surface area contributed by atoms with Crippen molar-refractivity contribution in [3.63, 3.8) is 0 Å². The molecule has 3 heteroatoms. The minimum atomic E-state index is 0. The molecule has 0 amide bonds. The maximum Gasteiger partial charge on any atom is 0.0722 e. The number of ether oxygens (including phenoxy) is 1. The van der Waals surface area contributed by atoms with Crippen LogP contribution in [0.2, 0.25) is 0 Å². The minimum absolute atomic E-state index is 0. The minimum Gasteiger partial charge on any atom is -0.380 e. The quantitative estimate of drug-likeness (QED) is 0.636. The highest BCUT2D eigenvalue weighted by Gasteiger charge is 2.20. The van der Waals surface area contributed by atoms with Gasteiger partial charge in [0.1, 0.15) is 0 Å². The van der Waals surface area contributed by atoms with E-state index in [-0.39, 0.29) is 12.4 Å². The van der Waals surface area contributed by atoms with Crippen molar-refractivity contribution in [1.82, 2.24) is 0 Å². The van der Waals surface area contributed by atoms with Crippen molar-refractivity contribution >= 4 is 12.4 Å². The predicted octanol–water partition coefficient (Wildman–Crippen LogP) is 1.32. The van der Waals surface area contributed by atoms with Gasteiger partial charge in [-0.05, 0) is 12.8 Å². The van der Waals surface area contributed by atoms with Crippen LogP contribution >= 0.6 is 12.4 Å². The molecule has 0 aromatic carbocycles. The van der Waals surface area contributed by atoms with E-state index in [0.29, 0.717) is 12.1 Å². The van der Waals surface area contributed by atoms with Crippen LogP contribution in [-0.4, -0.2) is 19.3 Å². The Hall–Kier alpha value is 0.210. The number of nitrogens with two attached hydrogens (primary N) is 1. The van der Waals surface area contributed by atoms with Crippen molar-refractivity contribution in [3.05, 3.63) is 0 Å². The Balaban J connectivity index is 0.000000810. The van der Waals surface area contributed by atoms with E-state index in [4.69, 9.17) is 10.5 Å². The maximum absolute atomic E-state index is 5.76. The van der Waals surface area contributed by atoms with Gasteiger partial charge in [0.25, 0.3) is 0 Å². The summed E-state index contributed by atoms with van der Waals surface area (Å²) < 4.78 is 5.18. The van der Waals surface area contributed by atoms with E-state index in [1.807, 2.05) is 0 Å². The topological polar surface area (TPSA) is 35.2 Å². The number of hydrogen-bond donors (Lipinski definition) is 1. The number of halogens is 1. The third-order valence-electron chi connectivity index (χ3n) is 2.06. The van der Waals surface area contributed by atoms with E-state index in [0.717, 1.165) is 12.8 Å². The van der Waals surface area contributed by atoms with Gasteiger partial charge in [0, 0.05) is 13.2 Å². The fourth-order valence-electron chi connectivity index (χ4n) is 1.42. The third kappa shape index (κ3) is 2.45. The molecule has 2 atom stereocenters. The van der Waals surface area contributed by atoms with Gasteiger partial charge < -0.3 is 10.5 Å². The molecule has 62 valence electrons. The molecule has 2 nitrogen and oxygen atoms in total. The van der Waals surface area contributed by atoms with Crippen molar-refractivity contribution in [1.29, 1.82) is 0 Å². The Morgan fingerprint density at radius 3 is 2.30 bits per heavy atom. The molecule has 0 spiro atoms. The van der Waals surface area contributed by atoms with Crippen LogP contribution in [0, 0.1) is 0 Å². The first-order chi connectivity index (χ1) is 4.34. The first kappa shape index (κ1) is 10.2. The average molecular weight is 166 g/mol. The van der Waals surface area contributed by atoms with Gasteiger partial charge in [-0.2, -0.15) is 0 Å². The van der Waals surface area contributed by atoms with E-state index in [1.165, 1.54) is 12.8 Å². The monoisotopic (exact) mass is 165 g/mol. The standard InChI is InChI=1S/C7H15NO.ClH/c1-9-7-5-3-2-4-6(7)8;/h6-7H,2-5,8H2,1H3;1H/t6-,7-;/m1./s1. The van der Waals surface area contributed by atoms with E-state index >= 15 is 0 Å². The second-order valence-corrected chi connectivity index (χ2v) is 2.72. The van der Waals surface area contributed by atoms with Crippen molar-refractivity contribution in [2.75, 3.05) is 7.11 Å². The Morgan fingerprint density at radius 2 is 1.90 bits per heavy atom. The van der Waals surface area contributed by atoms with E-state index in [1.54, 1.807) is 7.11 Å². The van der Waals surface area contributed by atoms with Gasteiger partial charge in [0.2, 0.25) is 0 Å². The zero-order valence-electron chi connectivity index (χ0n) is 6.38. The van der Waals surface area contributed by atoms with Gasteiger partial charge in [-0.1, -0.05) is 12.8 Å².